The molecule has 2 aliphatic rings. The Morgan fingerprint density at radius 3 is 2.90 bits per heavy atom. The van der Waals surface area contributed by atoms with Crippen molar-refractivity contribution in [1.29, 1.82) is 0 Å². The van der Waals surface area contributed by atoms with E-state index in [0.29, 0.717) is 5.76 Å². The van der Waals surface area contributed by atoms with Gasteiger partial charge in [0, 0.05) is 31.7 Å². The number of para-hydroxylation sites is 2. The van der Waals surface area contributed by atoms with Crippen LogP contribution in [-0.4, -0.2) is 58.5 Å². The summed E-state index contributed by atoms with van der Waals surface area (Å²) >= 11 is 0. The number of benzene rings is 1. The van der Waals surface area contributed by atoms with Gasteiger partial charge in [0.05, 0.1) is 30.3 Å². The lowest BCUT2D eigenvalue weighted by Gasteiger charge is -2.26. The summed E-state index contributed by atoms with van der Waals surface area (Å²) in [5.74, 6) is 2.05. The van der Waals surface area contributed by atoms with Crippen molar-refractivity contribution in [2.45, 2.75) is 32.4 Å². The summed E-state index contributed by atoms with van der Waals surface area (Å²) in [5.41, 5.74) is 3.02. The smallest absolute Gasteiger partial charge is 0.290 e. The third-order valence-corrected chi connectivity index (χ3v) is 5.97. The van der Waals surface area contributed by atoms with Crippen molar-refractivity contribution in [2.24, 2.45) is 0 Å². The van der Waals surface area contributed by atoms with Gasteiger partial charge in [0.2, 0.25) is 0 Å². The number of nitrogens with zero attached hydrogens (tertiary/aromatic N) is 3. The first-order valence-electron chi connectivity index (χ1n) is 10.3. The zero-order valence-corrected chi connectivity index (χ0v) is 16.7. The molecule has 0 saturated carbocycles. The molecular weight excluding hydrogens is 368 g/mol. The molecule has 4 heterocycles. The first-order valence-corrected chi connectivity index (χ1v) is 10.3. The number of aromatic amines is 1. The van der Waals surface area contributed by atoms with E-state index in [1.165, 1.54) is 0 Å². The van der Waals surface area contributed by atoms with E-state index in [1.54, 1.807) is 0 Å². The fourth-order valence-corrected chi connectivity index (χ4v) is 4.35. The summed E-state index contributed by atoms with van der Waals surface area (Å²) < 4.78 is 11.3. The molecule has 1 atom stereocenters. The third-order valence-electron chi connectivity index (χ3n) is 5.97. The Balaban J connectivity index is 1.36. The molecule has 0 aliphatic carbocycles. The van der Waals surface area contributed by atoms with Crippen LogP contribution in [0, 0.1) is 6.92 Å². The number of hydrogen-bond acceptors (Lipinski definition) is 5. The Morgan fingerprint density at radius 2 is 2.07 bits per heavy atom. The van der Waals surface area contributed by atoms with Gasteiger partial charge in [-0.05, 0) is 38.0 Å². The van der Waals surface area contributed by atoms with E-state index < -0.39 is 0 Å². The molecule has 2 aromatic heterocycles. The van der Waals surface area contributed by atoms with E-state index in [1.807, 2.05) is 42.2 Å². The lowest BCUT2D eigenvalue weighted by Crippen LogP contribution is -2.35. The van der Waals surface area contributed by atoms with E-state index in [0.717, 1.165) is 80.4 Å². The lowest BCUT2D eigenvalue weighted by molar-refractivity contribution is 0.0340. The SMILES string of the molecule is Cc1oc(C(=O)N2CCCC2c2nc3ccccc3[nH]2)cc1CN1CCOCC1. The molecule has 7 heteroatoms. The van der Waals surface area contributed by atoms with Crippen LogP contribution in [0.3, 0.4) is 0 Å². The maximum atomic E-state index is 13.3. The fraction of sp³-hybridized carbons (Fsp3) is 0.455. The summed E-state index contributed by atoms with van der Waals surface area (Å²) in [5, 5.41) is 0. The highest BCUT2D eigenvalue weighted by molar-refractivity contribution is 5.92. The standard InChI is InChI=1S/C22H26N4O3/c1-15-16(14-25-9-11-28-12-10-25)13-20(29-15)22(27)26-8-4-7-19(26)21-23-17-5-2-3-6-18(17)24-21/h2-3,5-6,13,19H,4,7-12,14H2,1H3,(H,23,24). The van der Waals surface area contributed by atoms with Crippen molar-refractivity contribution in [3.05, 3.63) is 53.2 Å². The molecule has 1 unspecified atom stereocenters. The van der Waals surface area contributed by atoms with Crippen LogP contribution in [0.15, 0.2) is 34.7 Å². The van der Waals surface area contributed by atoms with Crippen LogP contribution < -0.4 is 0 Å². The van der Waals surface area contributed by atoms with E-state index in [2.05, 4.69) is 9.88 Å². The molecule has 3 aromatic rings. The summed E-state index contributed by atoms with van der Waals surface area (Å²) in [6, 6.07) is 9.85. The van der Waals surface area contributed by atoms with Crippen molar-refractivity contribution in [1.82, 2.24) is 19.8 Å². The number of H-pyrrole nitrogens is 1. The summed E-state index contributed by atoms with van der Waals surface area (Å²) in [7, 11) is 0. The molecule has 2 saturated heterocycles. The van der Waals surface area contributed by atoms with Gasteiger partial charge in [-0.25, -0.2) is 4.98 Å². The van der Waals surface area contributed by atoms with Crippen molar-refractivity contribution in [3.63, 3.8) is 0 Å². The number of carbonyl (C=O) groups excluding carboxylic acids is 1. The highest BCUT2D eigenvalue weighted by Gasteiger charge is 2.34. The number of morpholine rings is 1. The Bertz CT molecular complexity index is 985. The number of likely N-dealkylation sites (tertiary alicyclic amines) is 1. The average Bonchev–Trinajstić information content (AvgIpc) is 3.46. The van der Waals surface area contributed by atoms with Gasteiger partial charge in [-0.3, -0.25) is 9.69 Å². The molecule has 5 rings (SSSR count). The minimum Gasteiger partial charge on any atom is -0.456 e. The van der Waals surface area contributed by atoms with Crippen molar-refractivity contribution >= 4 is 16.9 Å². The third kappa shape index (κ3) is 3.56. The highest BCUT2D eigenvalue weighted by atomic mass is 16.5. The molecule has 1 amide bonds. The Labute approximate surface area is 169 Å². The van der Waals surface area contributed by atoms with Crippen molar-refractivity contribution in [2.75, 3.05) is 32.8 Å². The summed E-state index contributed by atoms with van der Waals surface area (Å²) in [6.07, 6.45) is 1.87. The monoisotopic (exact) mass is 394 g/mol. The molecule has 1 aromatic carbocycles. The maximum absolute atomic E-state index is 13.3. The summed E-state index contributed by atoms with van der Waals surface area (Å²) in [6.45, 7) is 6.79. The van der Waals surface area contributed by atoms with Gasteiger partial charge in [0.1, 0.15) is 11.6 Å². The quantitative estimate of drug-likeness (QED) is 0.735. The second-order valence-corrected chi connectivity index (χ2v) is 7.88. The van der Waals surface area contributed by atoms with Gasteiger partial charge in [-0.1, -0.05) is 12.1 Å². The predicted molar refractivity (Wildman–Crippen MR) is 109 cm³/mol. The van der Waals surface area contributed by atoms with Gasteiger partial charge >= 0.3 is 0 Å². The van der Waals surface area contributed by atoms with Gasteiger partial charge in [-0.2, -0.15) is 0 Å². The van der Waals surface area contributed by atoms with Gasteiger partial charge in [0.15, 0.2) is 5.76 Å². The summed E-state index contributed by atoms with van der Waals surface area (Å²) in [4.78, 5) is 25.6. The Kier molecular flexibility index (Phi) is 4.85. The van der Waals surface area contributed by atoms with E-state index in [4.69, 9.17) is 14.1 Å². The average molecular weight is 394 g/mol. The molecule has 1 N–H and O–H groups in total. The lowest BCUT2D eigenvalue weighted by atomic mass is 10.2. The molecule has 0 radical (unpaired) electrons. The molecule has 2 aliphatic heterocycles. The van der Waals surface area contributed by atoms with E-state index in [-0.39, 0.29) is 11.9 Å². The number of hydrogen-bond donors (Lipinski definition) is 1. The number of ether oxygens (including phenoxy) is 1. The molecule has 7 nitrogen and oxygen atoms in total. The molecule has 0 spiro atoms. The molecule has 152 valence electrons. The van der Waals surface area contributed by atoms with Crippen LogP contribution in [-0.2, 0) is 11.3 Å². The van der Waals surface area contributed by atoms with E-state index >= 15 is 0 Å². The zero-order valence-electron chi connectivity index (χ0n) is 16.7. The zero-order chi connectivity index (χ0) is 19.8. The second kappa shape index (κ2) is 7.65. The topological polar surface area (TPSA) is 74.6 Å². The largest absolute Gasteiger partial charge is 0.456 e. The number of imidazole rings is 1. The number of amides is 1. The van der Waals surface area contributed by atoms with Crippen LogP contribution in [0.4, 0.5) is 0 Å². The minimum absolute atomic E-state index is 0.0389. The number of rotatable bonds is 4. The number of furan rings is 1. The van der Waals surface area contributed by atoms with Crippen LogP contribution in [0.2, 0.25) is 0 Å². The first-order chi connectivity index (χ1) is 14.2. The molecule has 29 heavy (non-hydrogen) atoms. The second-order valence-electron chi connectivity index (χ2n) is 7.88. The fourth-order valence-electron chi connectivity index (χ4n) is 4.35. The number of aromatic nitrogens is 2. The molecular formula is C22H26N4O3. The normalized spacial score (nSPS) is 20.6. The molecule has 0 bridgehead atoms. The van der Waals surface area contributed by atoms with Crippen molar-refractivity contribution < 1.29 is 13.9 Å². The van der Waals surface area contributed by atoms with Crippen LogP contribution in [0.25, 0.3) is 11.0 Å². The van der Waals surface area contributed by atoms with Gasteiger partial charge < -0.3 is 19.0 Å². The van der Waals surface area contributed by atoms with Gasteiger partial charge in [0.25, 0.3) is 5.91 Å². The number of carbonyl (C=O) groups is 1. The Morgan fingerprint density at radius 1 is 1.24 bits per heavy atom. The highest BCUT2D eigenvalue weighted by Crippen LogP contribution is 2.33. The predicted octanol–water partition coefficient (Wildman–Crippen LogP) is 3.27. The van der Waals surface area contributed by atoms with Crippen LogP contribution >= 0.6 is 0 Å². The minimum atomic E-state index is -0.0516. The number of nitrogens with one attached hydrogen (secondary N) is 1. The van der Waals surface area contributed by atoms with E-state index in [9.17, 15) is 4.79 Å². The molecule has 2 fully saturated rings. The first kappa shape index (κ1) is 18.4. The number of aryl methyl sites for hydroxylation is 1. The van der Waals surface area contributed by atoms with Crippen LogP contribution in [0.1, 0.15) is 46.6 Å². The van der Waals surface area contributed by atoms with Gasteiger partial charge in [-0.15, -0.1) is 0 Å². The van der Waals surface area contributed by atoms with Crippen molar-refractivity contribution in [3.8, 4) is 0 Å². The number of fused-ring (bicyclic) bond motifs is 1. The van der Waals surface area contributed by atoms with Crippen LogP contribution in [0.5, 0.6) is 0 Å². The Hall–Kier alpha value is -2.64. The maximum Gasteiger partial charge on any atom is 0.290 e.